The maximum atomic E-state index is 11.1. The Kier molecular flexibility index (Phi) is 7.20. The van der Waals surface area contributed by atoms with Crippen LogP contribution in [0.3, 0.4) is 0 Å². The van der Waals surface area contributed by atoms with Crippen molar-refractivity contribution in [2.45, 2.75) is 20.5 Å². The fourth-order valence-electron chi connectivity index (χ4n) is 3.15. The highest BCUT2D eigenvalue weighted by Gasteiger charge is 2.11. The average Bonchev–Trinajstić information content (AvgIpc) is 2.79. The first-order chi connectivity index (χ1) is 15.9. The number of nitrogens with one attached hydrogen (secondary N) is 2. The number of rotatable bonds is 7. The van der Waals surface area contributed by atoms with Crippen molar-refractivity contribution < 1.29 is 9.53 Å². The summed E-state index contributed by atoms with van der Waals surface area (Å²) in [5.41, 5.74) is 10.4. The standard InChI is InChI=1S/C24H21N7O2/c1-15-10-18(4-3-9-25)11-16(2)22(15)30-21-12-20(14-33-23(27)32)29-24(31-21)28-19-7-5-17(13-26)6-8-19/h3-8,10-12H,14H2,1-2H3,(H2,27,32)(H2,28,29,30,31). The van der Waals surface area contributed by atoms with Gasteiger partial charge in [-0.25, -0.2) is 9.78 Å². The molecule has 1 heterocycles. The number of allylic oxidation sites excluding steroid dienone is 1. The van der Waals surface area contributed by atoms with Crippen LogP contribution in [0.1, 0.15) is 27.9 Å². The minimum atomic E-state index is -0.905. The first kappa shape index (κ1) is 22.8. The van der Waals surface area contributed by atoms with Gasteiger partial charge in [-0.3, -0.25) is 0 Å². The van der Waals surface area contributed by atoms with Gasteiger partial charge in [-0.2, -0.15) is 15.5 Å². The number of amides is 1. The van der Waals surface area contributed by atoms with Gasteiger partial charge in [0.15, 0.2) is 0 Å². The summed E-state index contributed by atoms with van der Waals surface area (Å²) in [7, 11) is 0. The molecule has 0 atom stereocenters. The van der Waals surface area contributed by atoms with E-state index in [1.807, 2.05) is 32.0 Å². The van der Waals surface area contributed by atoms with Crippen molar-refractivity contribution in [3.05, 3.63) is 76.5 Å². The lowest BCUT2D eigenvalue weighted by molar-refractivity contribution is 0.149. The molecule has 0 fully saturated rings. The number of hydrogen-bond donors (Lipinski definition) is 3. The van der Waals surface area contributed by atoms with Gasteiger partial charge in [0.25, 0.3) is 0 Å². The molecule has 2 aromatic carbocycles. The predicted octanol–water partition coefficient (Wildman–Crippen LogP) is 4.58. The molecule has 0 unspecified atom stereocenters. The van der Waals surface area contributed by atoms with Crippen LogP contribution < -0.4 is 16.4 Å². The molecule has 0 radical (unpaired) electrons. The van der Waals surface area contributed by atoms with E-state index < -0.39 is 6.09 Å². The zero-order valence-electron chi connectivity index (χ0n) is 18.1. The number of hydrogen-bond acceptors (Lipinski definition) is 8. The molecule has 164 valence electrons. The number of nitrogens with zero attached hydrogens (tertiary/aromatic N) is 4. The molecule has 33 heavy (non-hydrogen) atoms. The van der Waals surface area contributed by atoms with Crippen molar-refractivity contribution >= 4 is 35.3 Å². The highest BCUT2D eigenvalue weighted by molar-refractivity contribution is 5.70. The number of anilines is 4. The number of benzene rings is 2. The molecule has 3 aromatic rings. The van der Waals surface area contributed by atoms with Crippen molar-refractivity contribution in [2.24, 2.45) is 5.73 Å². The van der Waals surface area contributed by atoms with Crippen LogP contribution in [0.15, 0.2) is 48.5 Å². The second-order valence-electron chi connectivity index (χ2n) is 7.11. The molecule has 4 N–H and O–H groups in total. The Labute approximate surface area is 191 Å². The molecule has 9 nitrogen and oxygen atoms in total. The molecule has 0 spiro atoms. The third-order valence-electron chi connectivity index (χ3n) is 4.57. The summed E-state index contributed by atoms with van der Waals surface area (Å²) in [5, 5.41) is 24.1. The molecule has 0 aliphatic rings. The third kappa shape index (κ3) is 6.29. The Morgan fingerprint density at radius 3 is 2.39 bits per heavy atom. The lowest BCUT2D eigenvalue weighted by Crippen LogP contribution is -2.14. The van der Waals surface area contributed by atoms with Crippen LogP contribution in [-0.2, 0) is 11.3 Å². The van der Waals surface area contributed by atoms with Gasteiger partial charge in [-0.05, 0) is 73.0 Å². The van der Waals surface area contributed by atoms with Gasteiger partial charge < -0.3 is 21.1 Å². The maximum Gasteiger partial charge on any atom is 0.404 e. The van der Waals surface area contributed by atoms with E-state index in [2.05, 4.69) is 26.7 Å². The molecule has 0 aliphatic carbocycles. The molecule has 0 saturated carbocycles. The Balaban J connectivity index is 1.93. The van der Waals surface area contributed by atoms with Gasteiger partial charge in [0.05, 0.1) is 23.4 Å². The van der Waals surface area contributed by atoms with Crippen molar-refractivity contribution in [3.8, 4) is 12.1 Å². The predicted molar refractivity (Wildman–Crippen MR) is 125 cm³/mol. The van der Waals surface area contributed by atoms with E-state index in [0.717, 1.165) is 22.4 Å². The van der Waals surface area contributed by atoms with Gasteiger partial charge in [0, 0.05) is 23.5 Å². The lowest BCUT2D eigenvalue weighted by Gasteiger charge is -2.15. The van der Waals surface area contributed by atoms with Crippen LogP contribution in [0.25, 0.3) is 6.08 Å². The number of primary amides is 1. The molecule has 0 saturated heterocycles. The fraction of sp³-hybridized carbons (Fsp3) is 0.125. The van der Waals surface area contributed by atoms with E-state index in [9.17, 15) is 4.79 Å². The Morgan fingerprint density at radius 1 is 1.09 bits per heavy atom. The van der Waals surface area contributed by atoms with Crippen LogP contribution in [0.4, 0.5) is 27.9 Å². The Morgan fingerprint density at radius 2 is 1.79 bits per heavy atom. The number of nitriles is 2. The average molecular weight is 439 g/mol. The molecule has 0 bridgehead atoms. The minimum absolute atomic E-state index is 0.121. The maximum absolute atomic E-state index is 11.1. The van der Waals surface area contributed by atoms with Crippen LogP contribution >= 0.6 is 0 Å². The normalized spacial score (nSPS) is 10.3. The van der Waals surface area contributed by atoms with Crippen molar-refractivity contribution in [1.82, 2.24) is 9.97 Å². The summed E-state index contributed by atoms with van der Waals surface area (Å²) in [6, 6.07) is 16.5. The summed E-state index contributed by atoms with van der Waals surface area (Å²) >= 11 is 0. The third-order valence-corrected chi connectivity index (χ3v) is 4.57. The van der Waals surface area contributed by atoms with Crippen LogP contribution in [0.2, 0.25) is 0 Å². The van der Waals surface area contributed by atoms with Crippen LogP contribution in [-0.4, -0.2) is 16.1 Å². The zero-order chi connectivity index (χ0) is 23.8. The molecule has 9 heteroatoms. The number of carbonyl (C=O) groups is 1. The fourth-order valence-corrected chi connectivity index (χ4v) is 3.15. The molecule has 1 amide bonds. The Hall–Kier alpha value is -4.89. The first-order valence-electron chi connectivity index (χ1n) is 9.89. The summed E-state index contributed by atoms with van der Waals surface area (Å²) in [6.07, 6.45) is 2.27. The molecule has 0 aliphatic heterocycles. The van der Waals surface area contributed by atoms with Gasteiger partial charge in [0.1, 0.15) is 12.4 Å². The van der Waals surface area contributed by atoms with E-state index >= 15 is 0 Å². The van der Waals surface area contributed by atoms with Crippen molar-refractivity contribution in [1.29, 1.82) is 10.5 Å². The van der Waals surface area contributed by atoms with E-state index in [1.165, 1.54) is 6.08 Å². The highest BCUT2D eigenvalue weighted by Crippen LogP contribution is 2.27. The number of carbonyl (C=O) groups excluding carboxylic acids is 1. The molecular formula is C24H21N7O2. The second-order valence-corrected chi connectivity index (χ2v) is 7.11. The summed E-state index contributed by atoms with van der Waals surface area (Å²) < 4.78 is 4.89. The van der Waals surface area contributed by atoms with Gasteiger partial charge in [0.2, 0.25) is 5.95 Å². The van der Waals surface area contributed by atoms with Gasteiger partial charge in [-0.1, -0.05) is 0 Å². The zero-order valence-corrected chi connectivity index (χ0v) is 18.1. The van der Waals surface area contributed by atoms with E-state index in [4.69, 9.17) is 21.0 Å². The Bertz CT molecular complexity index is 1260. The van der Waals surface area contributed by atoms with Crippen LogP contribution in [0, 0.1) is 36.5 Å². The minimum Gasteiger partial charge on any atom is -0.443 e. The smallest absolute Gasteiger partial charge is 0.404 e. The van der Waals surface area contributed by atoms with Crippen LogP contribution in [0.5, 0.6) is 0 Å². The van der Waals surface area contributed by atoms with E-state index in [-0.39, 0.29) is 12.6 Å². The SMILES string of the molecule is Cc1cc(C=CC#N)cc(C)c1Nc1cc(COC(N)=O)nc(Nc2ccc(C#N)cc2)n1. The molecule has 1 aromatic heterocycles. The van der Waals surface area contributed by atoms with E-state index in [0.29, 0.717) is 22.8 Å². The number of aromatic nitrogens is 2. The summed E-state index contributed by atoms with van der Waals surface area (Å²) in [4.78, 5) is 20.0. The lowest BCUT2D eigenvalue weighted by atomic mass is 10.0. The largest absolute Gasteiger partial charge is 0.443 e. The molecular weight excluding hydrogens is 418 g/mol. The number of aryl methyl sites for hydroxylation is 2. The monoisotopic (exact) mass is 439 g/mol. The van der Waals surface area contributed by atoms with Crippen molar-refractivity contribution in [3.63, 3.8) is 0 Å². The second kappa shape index (κ2) is 10.4. The topological polar surface area (TPSA) is 150 Å². The summed E-state index contributed by atoms with van der Waals surface area (Å²) in [6.45, 7) is 3.78. The first-order valence-corrected chi connectivity index (χ1v) is 9.89. The van der Waals surface area contributed by atoms with E-state index in [1.54, 1.807) is 36.4 Å². The van der Waals surface area contributed by atoms with Gasteiger partial charge >= 0.3 is 6.09 Å². The number of ether oxygens (including phenoxy) is 1. The summed E-state index contributed by atoms with van der Waals surface area (Å²) in [5.74, 6) is 0.757. The molecule has 3 rings (SSSR count). The van der Waals surface area contributed by atoms with Crippen molar-refractivity contribution in [2.75, 3.05) is 10.6 Å². The quantitative estimate of drug-likeness (QED) is 0.453. The number of nitrogens with two attached hydrogens (primary N) is 1. The van der Waals surface area contributed by atoms with Gasteiger partial charge in [-0.15, -0.1) is 0 Å². The highest BCUT2D eigenvalue weighted by atomic mass is 16.5.